The van der Waals surface area contributed by atoms with E-state index in [-0.39, 0.29) is 11.3 Å². The summed E-state index contributed by atoms with van der Waals surface area (Å²) in [5, 5.41) is 1.06. The number of ketones is 1. The Balaban J connectivity index is 1.87. The second-order valence-corrected chi connectivity index (χ2v) is 5.23. The number of aromatic nitrogens is 1. The van der Waals surface area contributed by atoms with Crippen molar-refractivity contribution < 1.29 is 4.79 Å². The molecule has 0 amide bonds. The van der Waals surface area contributed by atoms with Gasteiger partial charge >= 0.3 is 0 Å². The molecule has 0 radical (unpaired) electrons. The van der Waals surface area contributed by atoms with Gasteiger partial charge in [0.1, 0.15) is 0 Å². The Morgan fingerprint density at radius 3 is 2.89 bits per heavy atom. The first-order valence-corrected chi connectivity index (χ1v) is 6.33. The molecular formula is C15H16N2O. The summed E-state index contributed by atoms with van der Waals surface area (Å²) in [6.45, 7) is 0. The molecule has 1 aromatic carbocycles. The quantitative estimate of drug-likeness (QED) is 0.839. The largest absolute Gasteiger partial charge is 0.325 e. The molecule has 1 aromatic heterocycles. The minimum absolute atomic E-state index is 0.129. The van der Waals surface area contributed by atoms with Gasteiger partial charge < -0.3 is 5.73 Å². The number of rotatable bonds is 3. The van der Waals surface area contributed by atoms with Crippen molar-refractivity contribution in [3.8, 4) is 0 Å². The summed E-state index contributed by atoms with van der Waals surface area (Å²) in [6.07, 6.45) is 5.26. The van der Waals surface area contributed by atoms with Crippen LogP contribution in [-0.2, 0) is 0 Å². The lowest BCUT2D eigenvalue weighted by Gasteiger charge is -2.37. The number of carbonyl (C=O) groups is 1. The molecular weight excluding hydrogens is 224 g/mol. The molecule has 0 saturated heterocycles. The zero-order valence-electron chi connectivity index (χ0n) is 10.2. The van der Waals surface area contributed by atoms with Crippen LogP contribution in [0.3, 0.4) is 0 Å². The zero-order chi connectivity index (χ0) is 12.6. The van der Waals surface area contributed by atoms with Crippen LogP contribution in [0.2, 0.25) is 0 Å². The van der Waals surface area contributed by atoms with Crippen molar-refractivity contribution in [2.45, 2.75) is 31.2 Å². The molecule has 0 aliphatic heterocycles. The minimum Gasteiger partial charge on any atom is -0.325 e. The number of hydrogen-bond donors (Lipinski definition) is 1. The molecule has 92 valence electrons. The average molecular weight is 240 g/mol. The van der Waals surface area contributed by atoms with E-state index in [2.05, 4.69) is 4.98 Å². The Morgan fingerprint density at radius 2 is 2.17 bits per heavy atom. The Morgan fingerprint density at radius 1 is 1.33 bits per heavy atom. The highest BCUT2D eigenvalue weighted by molar-refractivity contribution is 5.99. The first-order chi connectivity index (χ1) is 8.66. The summed E-state index contributed by atoms with van der Waals surface area (Å²) in [7, 11) is 0. The van der Waals surface area contributed by atoms with Crippen LogP contribution < -0.4 is 5.73 Å². The van der Waals surface area contributed by atoms with Crippen LogP contribution in [0.4, 0.5) is 0 Å². The molecule has 1 saturated carbocycles. The minimum atomic E-state index is -0.254. The van der Waals surface area contributed by atoms with Gasteiger partial charge in [-0.2, -0.15) is 0 Å². The van der Waals surface area contributed by atoms with Gasteiger partial charge in [0, 0.05) is 29.1 Å². The third-order valence-electron chi connectivity index (χ3n) is 3.79. The molecule has 0 atom stereocenters. The van der Waals surface area contributed by atoms with Crippen LogP contribution in [0, 0.1) is 0 Å². The number of pyridine rings is 1. The van der Waals surface area contributed by atoms with Crippen LogP contribution >= 0.6 is 0 Å². The molecule has 2 N–H and O–H groups in total. The number of nitrogens with zero attached hydrogens (tertiary/aromatic N) is 1. The third-order valence-corrected chi connectivity index (χ3v) is 3.79. The Bertz CT molecular complexity index is 602. The molecule has 0 unspecified atom stereocenters. The monoisotopic (exact) mass is 240 g/mol. The van der Waals surface area contributed by atoms with E-state index in [0.717, 1.165) is 35.7 Å². The number of carbonyl (C=O) groups excluding carboxylic acids is 1. The zero-order valence-corrected chi connectivity index (χ0v) is 10.2. The van der Waals surface area contributed by atoms with E-state index in [1.807, 2.05) is 30.3 Å². The summed E-state index contributed by atoms with van der Waals surface area (Å²) < 4.78 is 0. The maximum Gasteiger partial charge on any atom is 0.164 e. The summed E-state index contributed by atoms with van der Waals surface area (Å²) in [4.78, 5) is 16.5. The van der Waals surface area contributed by atoms with E-state index in [9.17, 15) is 4.79 Å². The standard InChI is InChI=1S/C15H16N2O/c16-15(6-2-7-15)10-14(18)12-5-4-11-3-1-8-17-13(11)9-12/h1,3-5,8-9H,2,6-7,10,16H2. The van der Waals surface area contributed by atoms with Crippen molar-refractivity contribution in [1.29, 1.82) is 0 Å². The SMILES string of the molecule is NC1(CC(=O)c2ccc3cccnc3c2)CCC1. The van der Waals surface area contributed by atoms with E-state index in [4.69, 9.17) is 5.73 Å². The van der Waals surface area contributed by atoms with Gasteiger partial charge in [-0.05, 0) is 31.4 Å². The molecule has 3 nitrogen and oxygen atoms in total. The van der Waals surface area contributed by atoms with Gasteiger partial charge in [-0.15, -0.1) is 0 Å². The van der Waals surface area contributed by atoms with E-state index in [0.29, 0.717) is 6.42 Å². The summed E-state index contributed by atoms with van der Waals surface area (Å²) in [6, 6.07) is 9.56. The van der Waals surface area contributed by atoms with Crippen molar-refractivity contribution in [2.24, 2.45) is 5.73 Å². The highest BCUT2D eigenvalue weighted by atomic mass is 16.1. The van der Waals surface area contributed by atoms with Gasteiger partial charge in [0.15, 0.2) is 5.78 Å². The summed E-state index contributed by atoms with van der Waals surface area (Å²) >= 11 is 0. The lowest BCUT2D eigenvalue weighted by Crippen LogP contribution is -2.48. The molecule has 0 bridgehead atoms. The van der Waals surface area contributed by atoms with Crippen molar-refractivity contribution in [3.05, 3.63) is 42.1 Å². The Kier molecular flexibility index (Phi) is 2.63. The second kappa shape index (κ2) is 4.18. The smallest absolute Gasteiger partial charge is 0.164 e. The maximum absolute atomic E-state index is 12.2. The third kappa shape index (κ3) is 2.02. The predicted octanol–water partition coefficient (Wildman–Crippen LogP) is 2.69. The summed E-state index contributed by atoms with van der Waals surface area (Å²) in [5.74, 6) is 0.129. The Labute approximate surface area is 106 Å². The Hall–Kier alpha value is -1.74. The highest BCUT2D eigenvalue weighted by Crippen LogP contribution is 2.33. The number of Topliss-reactive ketones (excluding diaryl/α,β-unsaturated/α-hetero) is 1. The van der Waals surface area contributed by atoms with Crippen molar-refractivity contribution in [2.75, 3.05) is 0 Å². The fourth-order valence-electron chi connectivity index (χ4n) is 2.47. The number of fused-ring (bicyclic) bond motifs is 1. The molecule has 2 aromatic rings. The fourth-order valence-corrected chi connectivity index (χ4v) is 2.47. The molecule has 1 fully saturated rings. The molecule has 3 heteroatoms. The second-order valence-electron chi connectivity index (χ2n) is 5.23. The van der Waals surface area contributed by atoms with Gasteiger partial charge in [-0.1, -0.05) is 18.2 Å². The average Bonchev–Trinajstić information content (AvgIpc) is 2.36. The van der Waals surface area contributed by atoms with Gasteiger partial charge in [-0.25, -0.2) is 0 Å². The number of benzene rings is 1. The first kappa shape index (κ1) is 11.4. The predicted molar refractivity (Wildman–Crippen MR) is 71.5 cm³/mol. The van der Waals surface area contributed by atoms with Crippen LogP contribution in [0.15, 0.2) is 36.5 Å². The number of hydrogen-bond acceptors (Lipinski definition) is 3. The van der Waals surface area contributed by atoms with Crippen molar-refractivity contribution in [1.82, 2.24) is 4.98 Å². The number of nitrogens with two attached hydrogens (primary N) is 1. The molecule has 1 aliphatic rings. The molecule has 1 heterocycles. The van der Waals surface area contributed by atoms with Crippen LogP contribution in [0.5, 0.6) is 0 Å². The van der Waals surface area contributed by atoms with Crippen LogP contribution in [0.25, 0.3) is 10.9 Å². The van der Waals surface area contributed by atoms with Gasteiger partial charge in [-0.3, -0.25) is 9.78 Å². The van der Waals surface area contributed by atoms with E-state index in [1.165, 1.54) is 0 Å². The molecule has 0 spiro atoms. The van der Waals surface area contributed by atoms with Gasteiger partial charge in [0.25, 0.3) is 0 Å². The first-order valence-electron chi connectivity index (χ1n) is 6.33. The van der Waals surface area contributed by atoms with E-state index in [1.54, 1.807) is 6.20 Å². The lowest BCUT2D eigenvalue weighted by molar-refractivity contribution is 0.0912. The van der Waals surface area contributed by atoms with Gasteiger partial charge in [0.05, 0.1) is 5.52 Å². The van der Waals surface area contributed by atoms with Crippen molar-refractivity contribution >= 4 is 16.7 Å². The van der Waals surface area contributed by atoms with Crippen molar-refractivity contribution in [3.63, 3.8) is 0 Å². The molecule has 1 aliphatic carbocycles. The normalized spacial score (nSPS) is 17.4. The topological polar surface area (TPSA) is 56.0 Å². The summed E-state index contributed by atoms with van der Waals surface area (Å²) in [5.41, 5.74) is 7.45. The van der Waals surface area contributed by atoms with Crippen LogP contribution in [0.1, 0.15) is 36.0 Å². The van der Waals surface area contributed by atoms with E-state index < -0.39 is 0 Å². The maximum atomic E-state index is 12.2. The highest BCUT2D eigenvalue weighted by Gasteiger charge is 2.34. The fraction of sp³-hybridized carbons (Fsp3) is 0.333. The molecule has 18 heavy (non-hydrogen) atoms. The van der Waals surface area contributed by atoms with Gasteiger partial charge in [0.2, 0.25) is 0 Å². The lowest BCUT2D eigenvalue weighted by atomic mass is 9.74. The van der Waals surface area contributed by atoms with E-state index >= 15 is 0 Å². The van der Waals surface area contributed by atoms with Crippen LogP contribution in [-0.4, -0.2) is 16.3 Å². The molecule has 3 rings (SSSR count).